The van der Waals surface area contributed by atoms with Gasteiger partial charge < -0.3 is 4.98 Å². The van der Waals surface area contributed by atoms with Crippen LogP contribution < -0.4 is 0 Å². The van der Waals surface area contributed by atoms with Gasteiger partial charge in [0.25, 0.3) is 0 Å². The molecular formula is C10H14ClNO. The van der Waals surface area contributed by atoms with Crippen molar-refractivity contribution in [3.8, 4) is 0 Å². The molecule has 2 nitrogen and oxygen atoms in total. The van der Waals surface area contributed by atoms with E-state index >= 15 is 0 Å². The number of aromatic amines is 1. The van der Waals surface area contributed by atoms with Gasteiger partial charge in [0.2, 0.25) is 0 Å². The van der Waals surface area contributed by atoms with Gasteiger partial charge in [0.1, 0.15) is 5.78 Å². The number of hydrogen-bond donors (Lipinski definition) is 1. The van der Waals surface area contributed by atoms with Gasteiger partial charge in [-0.05, 0) is 19.1 Å². The molecule has 1 rings (SSSR count). The Morgan fingerprint density at radius 3 is 2.62 bits per heavy atom. The summed E-state index contributed by atoms with van der Waals surface area (Å²) in [6.07, 6.45) is 1.81. The Labute approximate surface area is 83.3 Å². The predicted molar refractivity (Wildman–Crippen MR) is 53.8 cm³/mol. The van der Waals surface area contributed by atoms with Gasteiger partial charge in [-0.25, -0.2) is 0 Å². The lowest BCUT2D eigenvalue weighted by molar-refractivity contribution is -0.125. The molecule has 1 unspecified atom stereocenters. The second kappa shape index (κ2) is 3.54. The molecule has 0 aromatic carbocycles. The van der Waals surface area contributed by atoms with Crippen LogP contribution in [0.2, 0.25) is 0 Å². The van der Waals surface area contributed by atoms with Crippen molar-refractivity contribution in [1.82, 2.24) is 4.98 Å². The van der Waals surface area contributed by atoms with Crippen molar-refractivity contribution in [1.29, 1.82) is 0 Å². The number of aromatic nitrogens is 1. The number of carbonyl (C=O) groups excluding carboxylic acids is 1. The average Bonchev–Trinajstić information content (AvgIpc) is 2.54. The van der Waals surface area contributed by atoms with Crippen LogP contribution in [0, 0.1) is 5.41 Å². The van der Waals surface area contributed by atoms with E-state index in [2.05, 4.69) is 4.98 Å². The molecule has 0 aliphatic rings. The number of ketones is 1. The van der Waals surface area contributed by atoms with E-state index in [9.17, 15) is 4.79 Å². The number of rotatable bonds is 3. The van der Waals surface area contributed by atoms with Crippen LogP contribution in [0.1, 0.15) is 31.8 Å². The summed E-state index contributed by atoms with van der Waals surface area (Å²) in [5, 5.41) is -0.292. The highest BCUT2D eigenvalue weighted by molar-refractivity contribution is 6.22. The number of nitrogens with one attached hydrogen (secondary N) is 1. The number of carbonyl (C=O) groups is 1. The highest BCUT2D eigenvalue weighted by atomic mass is 35.5. The highest BCUT2D eigenvalue weighted by Gasteiger charge is 2.34. The molecule has 0 aliphatic heterocycles. The van der Waals surface area contributed by atoms with E-state index in [1.54, 1.807) is 13.1 Å². The van der Waals surface area contributed by atoms with Gasteiger partial charge in [0, 0.05) is 17.3 Å². The van der Waals surface area contributed by atoms with Gasteiger partial charge in [-0.1, -0.05) is 13.8 Å². The molecule has 1 heterocycles. The molecule has 0 radical (unpaired) electrons. The quantitative estimate of drug-likeness (QED) is 0.747. The minimum Gasteiger partial charge on any atom is -0.364 e. The van der Waals surface area contributed by atoms with Crippen LogP contribution in [-0.2, 0) is 4.79 Å². The van der Waals surface area contributed by atoms with Crippen molar-refractivity contribution >= 4 is 17.4 Å². The van der Waals surface area contributed by atoms with Crippen LogP contribution in [0.15, 0.2) is 18.3 Å². The lowest BCUT2D eigenvalue weighted by Gasteiger charge is -2.26. The average molecular weight is 200 g/mol. The lowest BCUT2D eigenvalue weighted by Crippen LogP contribution is -2.26. The molecule has 0 aliphatic carbocycles. The standard InChI is InChI=1S/C10H14ClNO/c1-7(13)10(2,3)9(11)8-5-4-6-12-8/h4-6,9,12H,1-3H3. The summed E-state index contributed by atoms with van der Waals surface area (Å²) < 4.78 is 0. The predicted octanol–water partition coefficient (Wildman–Crippen LogP) is 2.91. The first kappa shape index (κ1) is 10.3. The smallest absolute Gasteiger partial charge is 0.137 e. The number of alkyl halides is 1. The minimum atomic E-state index is -0.521. The second-order valence-corrected chi connectivity index (χ2v) is 4.20. The zero-order chi connectivity index (χ0) is 10.1. The van der Waals surface area contributed by atoms with Crippen LogP contribution in [0.4, 0.5) is 0 Å². The van der Waals surface area contributed by atoms with Gasteiger partial charge in [-0.2, -0.15) is 0 Å². The number of H-pyrrole nitrogens is 1. The van der Waals surface area contributed by atoms with Crippen molar-refractivity contribution in [2.24, 2.45) is 5.41 Å². The zero-order valence-electron chi connectivity index (χ0n) is 8.10. The maximum absolute atomic E-state index is 11.3. The van der Waals surface area contributed by atoms with E-state index in [1.165, 1.54) is 0 Å². The van der Waals surface area contributed by atoms with Gasteiger partial charge in [0.05, 0.1) is 5.38 Å². The first-order valence-electron chi connectivity index (χ1n) is 4.24. The Bertz CT molecular complexity index is 290. The van der Waals surface area contributed by atoms with Crippen LogP contribution in [-0.4, -0.2) is 10.8 Å². The summed E-state index contributed by atoms with van der Waals surface area (Å²) in [6.45, 7) is 5.28. The molecule has 0 fully saturated rings. The summed E-state index contributed by atoms with van der Waals surface area (Å²) in [5.74, 6) is 0.0992. The van der Waals surface area contributed by atoms with Crippen molar-refractivity contribution in [2.45, 2.75) is 26.1 Å². The number of halogens is 1. The molecule has 72 valence electrons. The molecule has 13 heavy (non-hydrogen) atoms. The van der Waals surface area contributed by atoms with E-state index in [0.717, 1.165) is 5.69 Å². The molecule has 0 amide bonds. The van der Waals surface area contributed by atoms with E-state index in [0.29, 0.717) is 0 Å². The third-order valence-electron chi connectivity index (χ3n) is 2.44. The normalized spacial score (nSPS) is 14.2. The van der Waals surface area contributed by atoms with E-state index in [1.807, 2.05) is 26.0 Å². The van der Waals surface area contributed by atoms with Gasteiger partial charge in [0.15, 0.2) is 0 Å². The fourth-order valence-electron chi connectivity index (χ4n) is 1.07. The van der Waals surface area contributed by atoms with Crippen molar-refractivity contribution in [3.63, 3.8) is 0 Å². The zero-order valence-corrected chi connectivity index (χ0v) is 8.85. The van der Waals surface area contributed by atoms with Crippen LogP contribution in [0.25, 0.3) is 0 Å². The lowest BCUT2D eigenvalue weighted by atomic mass is 9.83. The Hall–Kier alpha value is -0.760. The van der Waals surface area contributed by atoms with Gasteiger partial charge in [-0.3, -0.25) is 4.79 Å². The molecular weight excluding hydrogens is 186 g/mol. The van der Waals surface area contributed by atoms with Crippen molar-refractivity contribution in [2.75, 3.05) is 0 Å². The SMILES string of the molecule is CC(=O)C(C)(C)C(Cl)c1ccc[nH]1. The molecule has 1 aromatic heterocycles. The molecule has 0 saturated heterocycles. The fraction of sp³-hybridized carbons (Fsp3) is 0.500. The minimum absolute atomic E-state index is 0.0992. The van der Waals surface area contributed by atoms with Gasteiger partial charge in [-0.15, -0.1) is 11.6 Å². The first-order valence-corrected chi connectivity index (χ1v) is 4.68. The molecule has 0 bridgehead atoms. The maximum atomic E-state index is 11.3. The first-order chi connectivity index (χ1) is 5.96. The van der Waals surface area contributed by atoms with Crippen LogP contribution in [0.3, 0.4) is 0 Å². The largest absolute Gasteiger partial charge is 0.364 e. The summed E-state index contributed by atoms with van der Waals surface area (Å²) in [4.78, 5) is 14.3. The number of hydrogen-bond acceptors (Lipinski definition) is 1. The maximum Gasteiger partial charge on any atom is 0.137 e. The Morgan fingerprint density at radius 1 is 1.62 bits per heavy atom. The Morgan fingerprint density at radius 2 is 2.23 bits per heavy atom. The van der Waals surface area contributed by atoms with E-state index < -0.39 is 5.41 Å². The second-order valence-electron chi connectivity index (χ2n) is 3.77. The van der Waals surface area contributed by atoms with E-state index in [4.69, 9.17) is 11.6 Å². The molecule has 1 N–H and O–H groups in total. The monoisotopic (exact) mass is 199 g/mol. The van der Waals surface area contributed by atoms with Crippen molar-refractivity contribution in [3.05, 3.63) is 24.0 Å². The van der Waals surface area contributed by atoms with Crippen LogP contribution >= 0.6 is 11.6 Å². The fourth-order valence-corrected chi connectivity index (χ4v) is 1.36. The summed E-state index contributed by atoms with van der Waals surface area (Å²) in [6, 6.07) is 3.77. The molecule has 1 aromatic rings. The highest BCUT2D eigenvalue weighted by Crippen LogP contribution is 2.38. The Balaban J connectivity index is 2.90. The van der Waals surface area contributed by atoms with Gasteiger partial charge >= 0.3 is 0 Å². The molecule has 1 atom stereocenters. The molecule has 3 heteroatoms. The third-order valence-corrected chi connectivity index (χ3v) is 3.22. The summed E-state index contributed by atoms with van der Waals surface area (Å²) >= 11 is 6.18. The number of Topliss-reactive ketones (excluding diaryl/α,β-unsaturated/α-hetero) is 1. The van der Waals surface area contributed by atoms with Crippen LogP contribution in [0.5, 0.6) is 0 Å². The third kappa shape index (κ3) is 1.94. The van der Waals surface area contributed by atoms with Crippen molar-refractivity contribution < 1.29 is 4.79 Å². The topological polar surface area (TPSA) is 32.9 Å². The van der Waals surface area contributed by atoms with E-state index in [-0.39, 0.29) is 11.2 Å². The summed E-state index contributed by atoms with van der Waals surface area (Å²) in [7, 11) is 0. The summed E-state index contributed by atoms with van der Waals surface area (Å²) in [5.41, 5.74) is 0.369. The molecule has 0 spiro atoms. The Kier molecular flexibility index (Phi) is 2.81. The molecule has 0 saturated carbocycles.